The van der Waals surface area contributed by atoms with E-state index in [-0.39, 0.29) is 0 Å². The standard InChI is InChI=1S/C15H28N4O/c1-5-7-9-20-15-13(16)14(17-10-11(3)4)18-12(19-15)8-6-2/h11H,5-10,16H2,1-4H3,(H,17,18,19). The maximum atomic E-state index is 6.10. The highest BCUT2D eigenvalue weighted by atomic mass is 16.5. The number of hydrogen-bond acceptors (Lipinski definition) is 5. The number of aryl methyl sites for hydroxylation is 1. The summed E-state index contributed by atoms with van der Waals surface area (Å²) in [5.41, 5.74) is 6.62. The zero-order chi connectivity index (χ0) is 15.0. The van der Waals surface area contributed by atoms with Gasteiger partial charge in [0.25, 0.3) is 0 Å². The summed E-state index contributed by atoms with van der Waals surface area (Å²) >= 11 is 0. The normalized spacial score (nSPS) is 10.8. The highest BCUT2D eigenvalue weighted by Crippen LogP contribution is 2.26. The van der Waals surface area contributed by atoms with Crippen molar-refractivity contribution >= 4 is 11.5 Å². The molecule has 0 bridgehead atoms. The molecule has 0 radical (unpaired) electrons. The van der Waals surface area contributed by atoms with E-state index in [0.29, 0.717) is 29.9 Å². The van der Waals surface area contributed by atoms with Crippen molar-refractivity contribution in [3.63, 3.8) is 0 Å². The lowest BCUT2D eigenvalue weighted by atomic mass is 10.2. The van der Waals surface area contributed by atoms with Gasteiger partial charge in [0.1, 0.15) is 11.5 Å². The smallest absolute Gasteiger partial charge is 0.242 e. The van der Waals surface area contributed by atoms with Gasteiger partial charge in [0.2, 0.25) is 5.88 Å². The summed E-state index contributed by atoms with van der Waals surface area (Å²) in [4.78, 5) is 8.92. The van der Waals surface area contributed by atoms with Crippen molar-refractivity contribution in [2.24, 2.45) is 5.92 Å². The summed E-state index contributed by atoms with van der Waals surface area (Å²) in [6.45, 7) is 10.0. The number of anilines is 2. The molecule has 0 unspecified atom stereocenters. The summed E-state index contributed by atoms with van der Waals surface area (Å²) in [5, 5.41) is 3.29. The lowest BCUT2D eigenvalue weighted by Gasteiger charge is -2.15. The molecule has 20 heavy (non-hydrogen) atoms. The molecule has 0 aliphatic carbocycles. The van der Waals surface area contributed by atoms with Gasteiger partial charge in [-0.1, -0.05) is 34.1 Å². The molecule has 114 valence electrons. The quantitative estimate of drug-likeness (QED) is 0.679. The Morgan fingerprint density at radius 1 is 1.20 bits per heavy atom. The molecule has 0 aliphatic rings. The first kappa shape index (κ1) is 16.5. The van der Waals surface area contributed by atoms with Gasteiger partial charge in [0.05, 0.1) is 6.61 Å². The minimum absolute atomic E-state index is 0.515. The van der Waals surface area contributed by atoms with Crippen LogP contribution in [0, 0.1) is 5.92 Å². The van der Waals surface area contributed by atoms with Crippen molar-refractivity contribution in [1.82, 2.24) is 9.97 Å². The molecule has 1 rings (SSSR count). The molecule has 0 aromatic carbocycles. The van der Waals surface area contributed by atoms with Gasteiger partial charge in [-0.05, 0) is 18.8 Å². The Labute approximate surface area is 122 Å². The molecule has 0 saturated heterocycles. The molecule has 5 heteroatoms. The third kappa shape index (κ3) is 5.23. The van der Waals surface area contributed by atoms with E-state index >= 15 is 0 Å². The lowest BCUT2D eigenvalue weighted by Crippen LogP contribution is -2.14. The van der Waals surface area contributed by atoms with E-state index in [1.54, 1.807) is 0 Å². The van der Waals surface area contributed by atoms with Crippen LogP contribution in [0.2, 0.25) is 0 Å². The number of nitrogens with one attached hydrogen (secondary N) is 1. The van der Waals surface area contributed by atoms with Crippen molar-refractivity contribution in [3.8, 4) is 5.88 Å². The van der Waals surface area contributed by atoms with Crippen LogP contribution in [-0.2, 0) is 6.42 Å². The number of nitrogen functional groups attached to an aromatic ring is 1. The van der Waals surface area contributed by atoms with Crippen molar-refractivity contribution in [3.05, 3.63) is 5.82 Å². The first-order valence-corrected chi connectivity index (χ1v) is 7.61. The minimum Gasteiger partial charge on any atom is -0.476 e. The Bertz CT molecular complexity index is 407. The summed E-state index contributed by atoms with van der Waals surface area (Å²) in [5.74, 6) is 2.54. The van der Waals surface area contributed by atoms with Crippen LogP contribution in [0.5, 0.6) is 5.88 Å². The van der Waals surface area contributed by atoms with Gasteiger partial charge in [0.15, 0.2) is 5.82 Å². The Morgan fingerprint density at radius 3 is 2.55 bits per heavy atom. The van der Waals surface area contributed by atoms with Crippen molar-refractivity contribution in [2.45, 2.75) is 53.4 Å². The molecule has 0 saturated carbocycles. The molecule has 0 amide bonds. The topological polar surface area (TPSA) is 73.1 Å². The Morgan fingerprint density at radius 2 is 1.95 bits per heavy atom. The van der Waals surface area contributed by atoms with Crippen LogP contribution in [0.25, 0.3) is 0 Å². The Kier molecular flexibility index (Phi) is 7.12. The zero-order valence-electron chi connectivity index (χ0n) is 13.2. The molecule has 1 heterocycles. The zero-order valence-corrected chi connectivity index (χ0v) is 13.2. The van der Waals surface area contributed by atoms with E-state index in [9.17, 15) is 0 Å². The van der Waals surface area contributed by atoms with Crippen LogP contribution in [0.1, 0.15) is 52.8 Å². The van der Waals surface area contributed by atoms with Crippen molar-refractivity contribution < 1.29 is 4.74 Å². The maximum Gasteiger partial charge on any atom is 0.242 e. The molecule has 0 spiro atoms. The molecule has 1 aromatic rings. The predicted molar refractivity (Wildman–Crippen MR) is 84.2 cm³/mol. The highest BCUT2D eigenvalue weighted by molar-refractivity contribution is 5.66. The Balaban J connectivity index is 2.89. The van der Waals surface area contributed by atoms with Gasteiger partial charge >= 0.3 is 0 Å². The molecule has 3 N–H and O–H groups in total. The largest absolute Gasteiger partial charge is 0.476 e. The molecule has 0 fully saturated rings. The van der Waals surface area contributed by atoms with Gasteiger partial charge in [-0.3, -0.25) is 0 Å². The fraction of sp³-hybridized carbons (Fsp3) is 0.733. The number of rotatable bonds is 9. The molecule has 0 atom stereocenters. The summed E-state index contributed by atoms with van der Waals surface area (Å²) in [6.07, 6.45) is 3.93. The van der Waals surface area contributed by atoms with Gasteiger partial charge in [0, 0.05) is 13.0 Å². The van der Waals surface area contributed by atoms with Crippen molar-refractivity contribution in [2.75, 3.05) is 24.2 Å². The predicted octanol–water partition coefficient (Wildman–Crippen LogP) is 3.26. The molecule has 0 aliphatic heterocycles. The lowest BCUT2D eigenvalue weighted by molar-refractivity contribution is 0.298. The third-order valence-corrected chi connectivity index (χ3v) is 2.85. The second-order valence-electron chi connectivity index (χ2n) is 5.43. The van der Waals surface area contributed by atoms with E-state index in [4.69, 9.17) is 10.5 Å². The molecular formula is C15H28N4O. The van der Waals surface area contributed by atoms with E-state index in [1.165, 1.54) is 0 Å². The van der Waals surface area contributed by atoms with E-state index in [2.05, 4.69) is 43.0 Å². The average Bonchev–Trinajstić information content (AvgIpc) is 2.40. The minimum atomic E-state index is 0.515. The number of ether oxygens (including phenoxy) is 1. The molecular weight excluding hydrogens is 252 g/mol. The Hall–Kier alpha value is -1.52. The van der Waals surface area contributed by atoms with E-state index in [0.717, 1.165) is 38.1 Å². The number of unbranched alkanes of at least 4 members (excludes halogenated alkanes) is 1. The van der Waals surface area contributed by atoms with Crippen LogP contribution < -0.4 is 15.8 Å². The summed E-state index contributed by atoms with van der Waals surface area (Å²) in [6, 6.07) is 0. The number of nitrogens with two attached hydrogens (primary N) is 1. The van der Waals surface area contributed by atoms with Gasteiger partial charge in [-0.2, -0.15) is 4.98 Å². The fourth-order valence-corrected chi connectivity index (χ4v) is 1.69. The van der Waals surface area contributed by atoms with Crippen LogP contribution in [0.15, 0.2) is 0 Å². The number of aromatic nitrogens is 2. The first-order valence-electron chi connectivity index (χ1n) is 7.61. The first-order chi connectivity index (χ1) is 9.58. The highest BCUT2D eigenvalue weighted by Gasteiger charge is 2.13. The average molecular weight is 280 g/mol. The molecule has 1 aromatic heterocycles. The van der Waals surface area contributed by atoms with E-state index < -0.39 is 0 Å². The molecule has 5 nitrogen and oxygen atoms in total. The number of hydrogen-bond donors (Lipinski definition) is 2. The van der Waals surface area contributed by atoms with Crippen LogP contribution in [0.4, 0.5) is 11.5 Å². The summed E-state index contributed by atoms with van der Waals surface area (Å²) < 4.78 is 5.70. The van der Waals surface area contributed by atoms with Gasteiger partial charge in [-0.25, -0.2) is 4.98 Å². The third-order valence-electron chi connectivity index (χ3n) is 2.85. The second kappa shape index (κ2) is 8.61. The van der Waals surface area contributed by atoms with Crippen LogP contribution in [-0.4, -0.2) is 23.1 Å². The second-order valence-corrected chi connectivity index (χ2v) is 5.43. The number of nitrogens with zero attached hydrogens (tertiary/aromatic N) is 2. The monoisotopic (exact) mass is 280 g/mol. The van der Waals surface area contributed by atoms with Crippen LogP contribution >= 0.6 is 0 Å². The summed E-state index contributed by atoms with van der Waals surface area (Å²) in [7, 11) is 0. The fourth-order valence-electron chi connectivity index (χ4n) is 1.69. The maximum absolute atomic E-state index is 6.10. The van der Waals surface area contributed by atoms with E-state index in [1.807, 2.05) is 0 Å². The van der Waals surface area contributed by atoms with Gasteiger partial charge in [-0.15, -0.1) is 0 Å². The SMILES string of the molecule is CCCCOc1nc(CCC)nc(NCC(C)C)c1N. The van der Waals surface area contributed by atoms with Crippen LogP contribution in [0.3, 0.4) is 0 Å². The van der Waals surface area contributed by atoms with Crippen molar-refractivity contribution in [1.29, 1.82) is 0 Å². The van der Waals surface area contributed by atoms with Gasteiger partial charge < -0.3 is 15.8 Å².